The molecule has 12 heavy (non-hydrogen) atoms. The molecule has 0 bridgehead atoms. The van der Waals surface area contributed by atoms with Crippen LogP contribution >= 0.6 is 12.2 Å². The Balaban J connectivity index is 2.85. The quantitative estimate of drug-likeness (QED) is 0.521. The molecule has 0 saturated heterocycles. The van der Waals surface area contributed by atoms with E-state index in [0.717, 1.165) is 16.9 Å². The van der Waals surface area contributed by atoms with Gasteiger partial charge in [-0.2, -0.15) is 0 Å². The van der Waals surface area contributed by atoms with Gasteiger partial charge in [0, 0.05) is 16.4 Å². The van der Waals surface area contributed by atoms with Crippen molar-refractivity contribution < 1.29 is 5.11 Å². The summed E-state index contributed by atoms with van der Waals surface area (Å²) in [6.45, 7) is 5.51. The fourth-order valence-electron chi connectivity index (χ4n) is 1.19. The highest BCUT2D eigenvalue weighted by molar-refractivity contribution is 7.80. The number of hydrogen-bond acceptors (Lipinski definition) is 2. The smallest absolute Gasteiger partial charge is 0.119 e. The summed E-state index contributed by atoms with van der Waals surface area (Å²) in [6, 6.07) is 0. The second-order valence-electron chi connectivity index (χ2n) is 2.86. The average Bonchev–Trinajstić information content (AvgIpc) is 2.07. The molecule has 1 nitrogen and oxygen atoms in total. The second kappa shape index (κ2) is 3.68. The van der Waals surface area contributed by atoms with Crippen molar-refractivity contribution in [3.8, 4) is 0 Å². The van der Waals surface area contributed by atoms with Crippen molar-refractivity contribution in [3.05, 3.63) is 36.1 Å². The van der Waals surface area contributed by atoms with Gasteiger partial charge < -0.3 is 5.11 Å². The summed E-state index contributed by atoms with van der Waals surface area (Å²) in [5.41, 5.74) is 0.819. The molecule has 2 heteroatoms. The van der Waals surface area contributed by atoms with Gasteiger partial charge in [0.05, 0.1) is 0 Å². The molecular weight excluding hydrogens is 168 g/mol. The fourth-order valence-corrected chi connectivity index (χ4v) is 1.47. The van der Waals surface area contributed by atoms with E-state index in [-0.39, 0.29) is 5.92 Å². The van der Waals surface area contributed by atoms with Crippen molar-refractivity contribution in [2.45, 2.75) is 13.3 Å². The minimum atomic E-state index is 0.244. The van der Waals surface area contributed by atoms with Crippen LogP contribution in [0.15, 0.2) is 36.1 Å². The summed E-state index contributed by atoms with van der Waals surface area (Å²) < 4.78 is 0. The Bertz CT molecular complexity index is 274. The van der Waals surface area contributed by atoms with E-state index in [1.807, 2.05) is 19.1 Å². The van der Waals surface area contributed by atoms with E-state index in [0.29, 0.717) is 5.76 Å². The number of allylic oxidation sites excluding steroid dienone is 4. The van der Waals surface area contributed by atoms with Gasteiger partial charge in [-0.3, -0.25) is 0 Å². The summed E-state index contributed by atoms with van der Waals surface area (Å²) in [5.74, 6) is 0.536. The van der Waals surface area contributed by atoms with Crippen LogP contribution in [0.4, 0.5) is 0 Å². The lowest BCUT2D eigenvalue weighted by atomic mass is 9.91. The minimum Gasteiger partial charge on any atom is -0.508 e. The Morgan fingerprint density at radius 1 is 1.75 bits per heavy atom. The van der Waals surface area contributed by atoms with Crippen molar-refractivity contribution in [1.29, 1.82) is 0 Å². The van der Waals surface area contributed by atoms with E-state index in [1.165, 1.54) is 0 Å². The van der Waals surface area contributed by atoms with E-state index >= 15 is 0 Å². The second-order valence-corrected chi connectivity index (χ2v) is 3.30. The molecule has 64 valence electrons. The maximum atomic E-state index is 9.31. The SMILES string of the molecule is C=CCC1C=CC(O)=C(C)C1=S. The lowest BCUT2D eigenvalue weighted by molar-refractivity contribution is 0.426. The molecule has 1 unspecified atom stereocenters. The van der Waals surface area contributed by atoms with E-state index in [9.17, 15) is 5.11 Å². The van der Waals surface area contributed by atoms with E-state index in [1.54, 1.807) is 6.08 Å². The van der Waals surface area contributed by atoms with Gasteiger partial charge in [-0.1, -0.05) is 24.4 Å². The van der Waals surface area contributed by atoms with Crippen LogP contribution in [0.1, 0.15) is 13.3 Å². The topological polar surface area (TPSA) is 20.2 Å². The van der Waals surface area contributed by atoms with Crippen molar-refractivity contribution >= 4 is 17.1 Å². The van der Waals surface area contributed by atoms with Crippen LogP contribution in [-0.2, 0) is 0 Å². The third kappa shape index (κ3) is 1.64. The molecule has 0 radical (unpaired) electrons. The fraction of sp³-hybridized carbons (Fsp3) is 0.300. The average molecular weight is 180 g/mol. The van der Waals surface area contributed by atoms with Crippen molar-refractivity contribution in [3.63, 3.8) is 0 Å². The highest BCUT2D eigenvalue weighted by Crippen LogP contribution is 2.22. The van der Waals surface area contributed by atoms with Gasteiger partial charge in [0.25, 0.3) is 0 Å². The Kier molecular flexibility index (Phi) is 2.82. The van der Waals surface area contributed by atoms with Crippen LogP contribution in [0.25, 0.3) is 0 Å². The van der Waals surface area contributed by atoms with Crippen LogP contribution in [0, 0.1) is 5.92 Å². The van der Waals surface area contributed by atoms with Gasteiger partial charge in [-0.25, -0.2) is 0 Å². The van der Waals surface area contributed by atoms with Crippen molar-refractivity contribution in [2.24, 2.45) is 5.92 Å². The van der Waals surface area contributed by atoms with Crippen LogP contribution in [0.3, 0.4) is 0 Å². The molecule has 0 spiro atoms. The maximum Gasteiger partial charge on any atom is 0.119 e. The maximum absolute atomic E-state index is 9.31. The van der Waals surface area contributed by atoms with Gasteiger partial charge in [0.15, 0.2) is 0 Å². The third-order valence-corrected chi connectivity index (χ3v) is 2.61. The minimum absolute atomic E-state index is 0.244. The van der Waals surface area contributed by atoms with E-state index in [2.05, 4.69) is 6.58 Å². The molecule has 1 atom stereocenters. The summed E-state index contributed by atoms with van der Waals surface area (Å²) >= 11 is 5.18. The zero-order chi connectivity index (χ0) is 9.14. The zero-order valence-corrected chi connectivity index (χ0v) is 7.90. The Labute approximate surface area is 78.1 Å². The molecule has 0 aromatic heterocycles. The van der Waals surface area contributed by atoms with Gasteiger partial charge in [-0.15, -0.1) is 6.58 Å². The first-order valence-electron chi connectivity index (χ1n) is 3.90. The van der Waals surface area contributed by atoms with Gasteiger partial charge >= 0.3 is 0 Å². The van der Waals surface area contributed by atoms with Crippen LogP contribution in [-0.4, -0.2) is 9.97 Å². The summed E-state index contributed by atoms with van der Waals surface area (Å²) in [7, 11) is 0. The van der Waals surface area contributed by atoms with Gasteiger partial charge in [0.1, 0.15) is 5.76 Å². The molecule has 1 rings (SSSR count). The van der Waals surface area contributed by atoms with Crippen LogP contribution < -0.4 is 0 Å². The standard InChI is InChI=1S/C10H12OS/c1-3-4-8-5-6-9(11)7(2)10(8)12/h3,5-6,8,11H,1,4H2,2H3. The molecule has 1 aliphatic rings. The molecule has 0 aromatic rings. The highest BCUT2D eigenvalue weighted by atomic mass is 32.1. The molecule has 1 N–H and O–H groups in total. The molecule has 1 aliphatic carbocycles. The predicted molar refractivity (Wildman–Crippen MR) is 55.4 cm³/mol. The Morgan fingerprint density at radius 2 is 2.42 bits per heavy atom. The largest absolute Gasteiger partial charge is 0.508 e. The van der Waals surface area contributed by atoms with Crippen LogP contribution in [0.5, 0.6) is 0 Å². The number of hydrogen-bond donors (Lipinski definition) is 1. The Morgan fingerprint density at radius 3 is 3.00 bits per heavy atom. The molecule has 0 fully saturated rings. The van der Waals surface area contributed by atoms with Crippen molar-refractivity contribution in [2.75, 3.05) is 0 Å². The summed E-state index contributed by atoms with van der Waals surface area (Å²) in [6.07, 6.45) is 6.32. The normalized spacial score (nSPS) is 23.1. The number of rotatable bonds is 2. The van der Waals surface area contributed by atoms with E-state index in [4.69, 9.17) is 12.2 Å². The molecule has 0 amide bonds. The molecule has 0 heterocycles. The lowest BCUT2D eigenvalue weighted by Gasteiger charge is -2.17. The highest BCUT2D eigenvalue weighted by Gasteiger charge is 2.17. The van der Waals surface area contributed by atoms with Crippen molar-refractivity contribution in [1.82, 2.24) is 0 Å². The summed E-state index contributed by atoms with van der Waals surface area (Å²) in [5, 5.41) is 9.31. The predicted octanol–water partition coefficient (Wildman–Crippen LogP) is 2.95. The van der Waals surface area contributed by atoms with Crippen LogP contribution in [0.2, 0.25) is 0 Å². The zero-order valence-electron chi connectivity index (χ0n) is 7.08. The lowest BCUT2D eigenvalue weighted by Crippen LogP contribution is -2.15. The number of aliphatic hydroxyl groups excluding tert-OH is 1. The molecule has 0 saturated carbocycles. The number of thiocarbonyl (C=S) groups is 1. The molecule has 0 aliphatic heterocycles. The van der Waals surface area contributed by atoms with Gasteiger partial charge in [0.2, 0.25) is 0 Å². The molecular formula is C10H12OS. The summed E-state index contributed by atoms with van der Waals surface area (Å²) in [4.78, 5) is 0.829. The molecule has 0 aromatic carbocycles. The third-order valence-electron chi connectivity index (χ3n) is 2.00. The van der Waals surface area contributed by atoms with E-state index < -0.39 is 0 Å². The Hall–Kier alpha value is -0.890. The first-order valence-corrected chi connectivity index (χ1v) is 4.30. The number of aliphatic hydroxyl groups is 1. The first-order chi connectivity index (χ1) is 5.66. The van der Waals surface area contributed by atoms with Gasteiger partial charge in [-0.05, 0) is 19.4 Å². The first kappa shape index (κ1) is 9.20. The monoisotopic (exact) mass is 180 g/mol.